The summed E-state index contributed by atoms with van der Waals surface area (Å²) in [4.78, 5) is 35.6. The number of carbonyl (C=O) groups is 2. The van der Waals surface area contributed by atoms with E-state index in [1.807, 2.05) is 21.1 Å². The Labute approximate surface area is 406 Å². The fourth-order valence-electron chi connectivity index (χ4n) is 7.40. The summed E-state index contributed by atoms with van der Waals surface area (Å²) in [5.74, 6) is -0.830. The van der Waals surface area contributed by atoms with E-state index in [0.29, 0.717) is 17.4 Å². The van der Waals surface area contributed by atoms with Gasteiger partial charge in [-0.3, -0.25) is 18.6 Å². The first kappa shape index (κ1) is 63.7. The second kappa shape index (κ2) is 47.8. The molecule has 0 heterocycles. The van der Waals surface area contributed by atoms with Crippen LogP contribution in [0.1, 0.15) is 232 Å². The second-order valence-corrected chi connectivity index (χ2v) is 20.7. The third-order valence-electron chi connectivity index (χ3n) is 11.6. The van der Waals surface area contributed by atoms with Crippen LogP contribution in [0.25, 0.3) is 0 Å². The summed E-state index contributed by atoms with van der Waals surface area (Å²) in [6.45, 7) is 4.30. The Hall–Kier alpha value is -2.29. The molecule has 0 aromatic heterocycles. The number of rotatable bonds is 49. The molecular weight excluding hydrogens is 846 g/mol. The predicted octanol–water partition coefficient (Wildman–Crippen LogP) is 16.4. The number of allylic oxidation sites excluding steroid dienone is 10. The first-order valence-corrected chi connectivity index (χ1v) is 28.5. The Bertz CT molecular complexity index is 1300. The van der Waals surface area contributed by atoms with Crippen LogP contribution in [-0.4, -0.2) is 74.9 Å². The monoisotopic (exact) mass is 949 g/mol. The molecule has 10 heteroatoms. The van der Waals surface area contributed by atoms with Crippen molar-refractivity contribution in [1.82, 2.24) is 0 Å². The van der Waals surface area contributed by atoms with Crippen LogP contribution in [-0.2, 0) is 32.7 Å². The maximum atomic E-state index is 12.8. The lowest BCUT2D eigenvalue weighted by Crippen LogP contribution is -2.37. The molecule has 0 saturated carbocycles. The molecule has 9 nitrogen and oxygen atoms in total. The molecule has 0 aromatic carbocycles. The standard InChI is InChI=1S/C56H102NO8P/c1-6-8-10-12-14-16-18-20-22-24-26-27-28-29-31-32-34-36-38-40-42-44-46-48-55(58)62-52-54(53-64-66(60,61)63-51-50-57(3,4)5)65-56(59)49-47-45-43-41-39-37-35-33-30-25-23-21-19-17-15-13-11-9-7-2/h9,11,15,17,21,23,30,33,37,39,54H,6-8,10,12-14,16,18-20,22,24-29,31-32,34-36,38,40-53H2,1-5H3/p+1/b11-9+,17-15+,23-21+,33-30+,39-37+/t54-/m1/s1. The van der Waals surface area contributed by atoms with Crippen LogP contribution in [0.15, 0.2) is 60.8 Å². The molecule has 66 heavy (non-hydrogen) atoms. The van der Waals surface area contributed by atoms with Crippen molar-refractivity contribution < 1.29 is 42.1 Å². The minimum Gasteiger partial charge on any atom is -0.462 e. The minimum absolute atomic E-state index is 0.0237. The van der Waals surface area contributed by atoms with Crippen molar-refractivity contribution in [2.45, 2.75) is 238 Å². The van der Waals surface area contributed by atoms with Gasteiger partial charge in [-0.1, -0.05) is 222 Å². The first-order chi connectivity index (χ1) is 32.0. The number of hydrogen-bond donors (Lipinski definition) is 1. The van der Waals surface area contributed by atoms with Crippen molar-refractivity contribution in [2.24, 2.45) is 0 Å². The number of carbonyl (C=O) groups excluding carboxylic acids is 2. The molecule has 0 bridgehead atoms. The maximum absolute atomic E-state index is 12.8. The molecule has 0 aliphatic carbocycles. The lowest BCUT2D eigenvalue weighted by molar-refractivity contribution is -0.870. The van der Waals surface area contributed by atoms with E-state index in [4.69, 9.17) is 18.5 Å². The van der Waals surface area contributed by atoms with Crippen molar-refractivity contribution in [1.29, 1.82) is 0 Å². The van der Waals surface area contributed by atoms with Gasteiger partial charge in [0.1, 0.15) is 19.8 Å². The summed E-state index contributed by atoms with van der Waals surface area (Å²) >= 11 is 0. The number of likely N-dealkylation sites (N-methyl/N-ethyl adjacent to an activating group) is 1. The topological polar surface area (TPSA) is 108 Å². The van der Waals surface area contributed by atoms with Crippen LogP contribution in [0.2, 0.25) is 0 Å². The van der Waals surface area contributed by atoms with Gasteiger partial charge in [0.2, 0.25) is 0 Å². The van der Waals surface area contributed by atoms with E-state index < -0.39 is 26.5 Å². The Morgan fingerprint density at radius 3 is 1.29 bits per heavy atom. The van der Waals surface area contributed by atoms with E-state index in [9.17, 15) is 19.0 Å². The van der Waals surface area contributed by atoms with Crippen LogP contribution in [0.5, 0.6) is 0 Å². The van der Waals surface area contributed by atoms with Crippen LogP contribution < -0.4 is 0 Å². The highest BCUT2D eigenvalue weighted by molar-refractivity contribution is 7.47. The summed E-state index contributed by atoms with van der Waals surface area (Å²) < 4.78 is 34.5. The van der Waals surface area contributed by atoms with Crippen LogP contribution in [0.3, 0.4) is 0 Å². The van der Waals surface area contributed by atoms with Crippen molar-refractivity contribution >= 4 is 19.8 Å². The van der Waals surface area contributed by atoms with Gasteiger partial charge >= 0.3 is 19.8 Å². The summed E-state index contributed by atoms with van der Waals surface area (Å²) in [6.07, 6.45) is 60.0. The summed E-state index contributed by atoms with van der Waals surface area (Å²) in [5.41, 5.74) is 0. The van der Waals surface area contributed by atoms with Crippen molar-refractivity contribution in [3.05, 3.63) is 60.8 Å². The van der Waals surface area contributed by atoms with E-state index >= 15 is 0 Å². The highest BCUT2D eigenvalue weighted by Gasteiger charge is 2.27. The van der Waals surface area contributed by atoms with Crippen molar-refractivity contribution in [2.75, 3.05) is 47.5 Å². The SMILES string of the molecule is CC/C=C/C/C=C/C/C=C/C/C=C/C/C=C/CCCCCC(=O)O[C@H](COC(=O)CCCCCCCCCCCCCCCCCCCCCCCCC)COP(=O)(O)OCC[N+](C)(C)C. The second-order valence-electron chi connectivity index (χ2n) is 19.2. The molecule has 0 aromatic rings. The zero-order valence-electron chi connectivity index (χ0n) is 43.4. The molecule has 0 aliphatic heterocycles. The van der Waals surface area contributed by atoms with Gasteiger partial charge in [-0.2, -0.15) is 0 Å². The summed E-state index contributed by atoms with van der Waals surface area (Å²) in [5, 5.41) is 0. The van der Waals surface area contributed by atoms with E-state index in [2.05, 4.69) is 74.6 Å². The van der Waals surface area contributed by atoms with Gasteiger partial charge in [0, 0.05) is 12.8 Å². The van der Waals surface area contributed by atoms with E-state index in [0.717, 1.165) is 70.6 Å². The first-order valence-electron chi connectivity index (χ1n) is 27.0. The van der Waals surface area contributed by atoms with Gasteiger partial charge < -0.3 is 18.9 Å². The minimum atomic E-state index is -4.39. The fourth-order valence-corrected chi connectivity index (χ4v) is 8.14. The molecule has 0 amide bonds. The smallest absolute Gasteiger partial charge is 0.462 e. The molecule has 0 fully saturated rings. The van der Waals surface area contributed by atoms with Crippen LogP contribution in [0, 0.1) is 0 Å². The number of ether oxygens (including phenoxy) is 2. The summed E-state index contributed by atoms with van der Waals surface area (Å²) in [7, 11) is 1.45. The van der Waals surface area contributed by atoms with Gasteiger partial charge in [0.05, 0.1) is 27.7 Å². The Balaban J connectivity index is 4.24. The lowest BCUT2D eigenvalue weighted by atomic mass is 10.0. The predicted molar refractivity (Wildman–Crippen MR) is 279 cm³/mol. The van der Waals surface area contributed by atoms with Crippen LogP contribution in [0.4, 0.5) is 0 Å². The Morgan fingerprint density at radius 2 is 0.864 bits per heavy atom. The van der Waals surface area contributed by atoms with Crippen molar-refractivity contribution in [3.63, 3.8) is 0 Å². The number of esters is 2. The average molecular weight is 949 g/mol. The lowest BCUT2D eigenvalue weighted by Gasteiger charge is -2.24. The summed E-state index contributed by atoms with van der Waals surface area (Å²) in [6, 6.07) is 0. The van der Waals surface area contributed by atoms with E-state index in [1.165, 1.54) is 128 Å². The molecule has 0 saturated heterocycles. The number of phosphoric ester groups is 1. The fraction of sp³-hybridized carbons (Fsp3) is 0.786. The van der Waals surface area contributed by atoms with Gasteiger partial charge in [-0.05, 0) is 57.8 Å². The number of quaternary nitrogens is 1. The molecule has 384 valence electrons. The van der Waals surface area contributed by atoms with E-state index in [-0.39, 0.29) is 32.0 Å². The normalized spacial score (nSPS) is 13.8. The average Bonchev–Trinajstić information content (AvgIpc) is 3.27. The van der Waals surface area contributed by atoms with Gasteiger partial charge in [0.25, 0.3) is 0 Å². The number of phosphoric acid groups is 1. The third kappa shape index (κ3) is 51.1. The van der Waals surface area contributed by atoms with E-state index in [1.54, 1.807) is 0 Å². The highest BCUT2D eigenvalue weighted by atomic mass is 31.2. The largest absolute Gasteiger partial charge is 0.472 e. The number of hydrogen-bond acceptors (Lipinski definition) is 7. The molecule has 2 atom stereocenters. The Morgan fingerprint density at radius 1 is 0.485 bits per heavy atom. The van der Waals surface area contributed by atoms with Gasteiger partial charge in [-0.25, -0.2) is 4.57 Å². The Kier molecular flexibility index (Phi) is 46.1. The van der Waals surface area contributed by atoms with Gasteiger partial charge in [0.15, 0.2) is 6.10 Å². The zero-order valence-corrected chi connectivity index (χ0v) is 44.3. The molecular formula is C56H103NO8P+. The van der Waals surface area contributed by atoms with Crippen molar-refractivity contribution in [3.8, 4) is 0 Å². The maximum Gasteiger partial charge on any atom is 0.472 e. The number of unbranched alkanes of at least 4 members (excludes halogenated alkanes) is 25. The molecule has 1 N–H and O–H groups in total. The molecule has 0 spiro atoms. The van der Waals surface area contributed by atoms with Gasteiger partial charge in [-0.15, -0.1) is 0 Å². The molecule has 0 radical (unpaired) electrons. The van der Waals surface area contributed by atoms with Crippen LogP contribution >= 0.6 is 7.82 Å². The quantitative estimate of drug-likeness (QED) is 0.0211. The number of nitrogens with zero attached hydrogens (tertiary/aromatic N) is 1. The zero-order chi connectivity index (χ0) is 48.5. The highest BCUT2D eigenvalue weighted by Crippen LogP contribution is 2.43. The molecule has 1 unspecified atom stereocenters. The molecule has 0 aliphatic rings. The third-order valence-corrected chi connectivity index (χ3v) is 12.5. The molecule has 0 rings (SSSR count).